The lowest BCUT2D eigenvalue weighted by molar-refractivity contribution is 0.104. The summed E-state index contributed by atoms with van der Waals surface area (Å²) in [6, 6.07) is 0.499. The Bertz CT molecular complexity index is 279. The topological polar surface area (TPSA) is 38.7 Å². The van der Waals surface area contributed by atoms with Crippen LogP contribution in [0.1, 0.15) is 46.5 Å². The van der Waals surface area contributed by atoms with Gasteiger partial charge in [-0.05, 0) is 51.7 Å². The Morgan fingerprint density at radius 2 is 1.90 bits per heavy atom. The second kappa shape index (κ2) is 9.09. The van der Waals surface area contributed by atoms with Gasteiger partial charge in [0, 0.05) is 32.2 Å². The number of hydrogen-bond donors (Lipinski definition) is 2. The molecule has 0 amide bonds. The first kappa shape index (κ1) is 18.9. The van der Waals surface area contributed by atoms with Gasteiger partial charge in [-0.15, -0.1) is 0 Å². The molecule has 0 bridgehead atoms. The number of likely N-dealkylation sites (tertiary alicyclic amines) is 1. The predicted octanol–water partition coefficient (Wildman–Crippen LogP) is 1.79. The molecule has 0 aliphatic carbocycles. The van der Waals surface area contributed by atoms with Gasteiger partial charge < -0.3 is 15.3 Å². The molecule has 4 nitrogen and oxygen atoms in total. The van der Waals surface area contributed by atoms with Crippen molar-refractivity contribution < 1.29 is 5.11 Å². The highest BCUT2D eigenvalue weighted by Gasteiger charge is 2.36. The number of nitrogens with zero attached hydrogens (tertiary/aromatic N) is 2. The molecule has 1 fully saturated rings. The SMILES string of the molecule is CCCNCC(CC)(CC)CN1CC(O)CC1CN(C)C. The molecular weight excluding hydrogens is 262 g/mol. The Morgan fingerprint density at radius 1 is 1.24 bits per heavy atom. The van der Waals surface area contributed by atoms with Gasteiger partial charge in [0.25, 0.3) is 0 Å². The maximum absolute atomic E-state index is 10.1. The van der Waals surface area contributed by atoms with Crippen LogP contribution in [0.2, 0.25) is 0 Å². The largest absolute Gasteiger partial charge is 0.392 e. The number of hydrogen-bond acceptors (Lipinski definition) is 4. The Morgan fingerprint density at radius 3 is 2.43 bits per heavy atom. The number of rotatable bonds is 10. The molecule has 1 aliphatic rings. The van der Waals surface area contributed by atoms with E-state index in [0.29, 0.717) is 11.5 Å². The first-order valence-electron chi connectivity index (χ1n) is 8.74. The van der Waals surface area contributed by atoms with Crippen molar-refractivity contribution in [2.45, 2.75) is 58.6 Å². The third kappa shape index (κ3) is 5.85. The maximum atomic E-state index is 10.1. The average molecular weight is 300 g/mol. The van der Waals surface area contributed by atoms with Crippen molar-refractivity contribution in [1.82, 2.24) is 15.1 Å². The molecule has 1 saturated heterocycles. The van der Waals surface area contributed by atoms with E-state index >= 15 is 0 Å². The molecule has 126 valence electrons. The lowest BCUT2D eigenvalue weighted by atomic mass is 9.81. The van der Waals surface area contributed by atoms with Gasteiger partial charge in [-0.2, -0.15) is 0 Å². The van der Waals surface area contributed by atoms with Crippen LogP contribution in [0.5, 0.6) is 0 Å². The molecule has 0 aromatic carbocycles. The molecule has 4 heteroatoms. The molecule has 0 spiro atoms. The van der Waals surface area contributed by atoms with Crippen LogP contribution >= 0.6 is 0 Å². The van der Waals surface area contributed by atoms with Gasteiger partial charge in [-0.25, -0.2) is 0 Å². The molecule has 0 aromatic heterocycles. The van der Waals surface area contributed by atoms with Gasteiger partial charge in [0.15, 0.2) is 0 Å². The van der Waals surface area contributed by atoms with E-state index in [2.05, 4.69) is 50.0 Å². The number of aliphatic hydroxyl groups excluding tert-OH is 1. The molecular formula is C17H37N3O. The van der Waals surface area contributed by atoms with Crippen LogP contribution in [0.25, 0.3) is 0 Å². The maximum Gasteiger partial charge on any atom is 0.0682 e. The summed E-state index contributed by atoms with van der Waals surface area (Å²) in [5.74, 6) is 0. The smallest absolute Gasteiger partial charge is 0.0682 e. The summed E-state index contributed by atoms with van der Waals surface area (Å²) in [7, 11) is 4.25. The Kier molecular flexibility index (Phi) is 8.17. The summed E-state index contributed by atoms with van der Waals surface area (Å²) >= 11 is 0. The van der Waals surface area contributed by atoms with E-state index < -0.39 is 0 Å². The molecule has 2 atom stereocenters. The summed E-state index contributed by atoms with van der Waals surface area (Å²) < 4.78 is 0. The van der Waals surface area contributed by atoms with Crippen LogP contribution in [0, 0.1) is 5.41 Å². The fraction of sp³-hybridized carbons (Fsp3) is 1.00. The Labute approximate surface area is 131 Å². The molecule has 21 heavy (non-hydrogen) atoms. The second-order valence-corrected chi connectivity index (χ2v) is 7.12. The van der Waals surface area contributed by atoms with Crippen LogP contribution < -0.4 is 5.32 Å². The van der Waals surface area contributed by atoms with Crippen molar-refractivity contribution in [3.8, 4) is 0 Å². The summed E-state index contributed by atoms with van der Waals surface area (Å²) in [5.41, 5.74) is 0.337. The first-order chi connectivity index (χ1) is 9.96. The summed E-state index contributed by atoms with van der Waals surface area (Å²) in [6.07, 6.45) is 4.35. The quantitative estimate of drug-likeness (QED) is 0.603. The van der Waals surface area contributed by atoms with E-state index in [-0.39, 0.29) is 6.10 Å². The molecule has 1 aliphatic heterocycles. The normalized spacial score (nSPS) is 24.1. The van der Waals surface area contributed by atoms with Gasteiger partial charge in [0.2, 0.25) is 0 Å². The summed E-state index contributed by atoms with van der Waals surface area (Å²) in [6.45, 7) is 12.0. The van der Waals surface area contributed by atoms with Crippen LogP contribution in [0.4, 0.5) is 0 Å². The van der Waals surface area contributed by atoms with E-state index in [1.807, 2.05) is 0 Å². The van der Waals surface area contributed by atoms with Crippen molar-refractivity contribution in [2.24, 2.45) is 5.41 Å². The van der Waals surface area contributed by atoms with Crippen molar-refractivity contribution >= 4 is 0 Å². The number of likely N-dealkylation sites (N-methyl/N-ethyl adjacent to an activating group) is 1. The second-order valence-electron chi connectivity index (χ2n) is 7.12. The van der Waals surface area contributed by atoms with Crippen molar-refractivity contribution in [3.63, 3.8) is 0 Å². The zero-order chi connectivity index (χ0) is 15.9. The van der Waals surface area contributed by atoms with Crippen molar-refractivity contribution in [2.75, 3.05) is 46.8 Å². The van der Waals surface area contributed by atoms with Crippen LogP contribution in [0.15, 0.2) is 0 Å². The third-order valence-electron chi connectivity index (χ3n) is 5.05. The highest BCUT2D eigenvalue weighted by atomic mass is 16.3. The highest BCUT2D eigenvalue weighted by molar-refractivity contribution is 4.92. The van der Waals surface area contributed by atoms with Crippen molar-refractivity contribution in [3.05, 3.63) is 0 Å². The van der Waals surface area contributed by atoms with Gasteiger partial charge >= 0.3 is 0 Å². The van der Waals surface area contributed by atoms with Gasteiger partial charge in [-0.1, -0.05) is 20.8 Å². The predicted molar refractivity (Wildman–Crippen MR) is 90.7 cm³/mol. The van der Waals surface area contributed by atoms with Crippen LogP contribution in [-0.4, -0.2) is 73.9 Å². The monoisotopic (exact) mass is 299 g/mol. The standard InChI is InChI=1S/C17H37N3O/c1-6-9-18-13-17(7-2,8-3)14-20-12-16(21)10-15(20)11-19(4)5/h15-16,18,21H,6-14H2,1-5H3. The van der Waals surface area contributed by atoms with E-state index in [1.165, 1.54) is 19.3 Å². The molecule has 1 heterocycles. The molecule has 1 rings (SSSR count). The minimum Gasteiger partial charge on any atom is -0.392 e. The zero-order valence-corrected chi connectivity index (χ0v) is 14.9. The molecule has 2 N–H and O–H groups in total. The number of nitrogens with one attached hydrogen (secondary N) is 1. The van der Waals surface area contributed by atoms with Crippen molar-refractivity contribution in [1.29, 1.82) is 0 Å². The van der Waals surface area contributed by atoms with E-state index in [1.54, 1.807) is 0 Å². The van der Waals surface area contributed by atoms with Crippen LogP contribution in [0.3, 0.4) is 0 Å². The fourth-order valence-electron chi connectivity index (χ4n) is 3.50. The Balaban J connectivity index is 2.66. The van der Waals surface area contributed by atoms with E-state index in [4.69, 9.17) is 0 Å². The lowest BCUT2D eigenvalue weighted by Crippen LogP contribution is -2.47. The minimum atomic E-state index is -0.148. The first-order valence-corrected chi connectivity index (χ1v) is 8.74. The molecule has 0 saturated carbocycles. The Hall–Kier alpha value is -0.160. The molecule has 2 unspecified atom stereocenters. The van der Waals surface area contributed by atoms with E-state index in [0.717, 1.165) is 39.1 Å². The number of β-amino-alcohol motifs (C(OH)–C–C–N with tert-alkyl or cyclic N) is 1. The molecule has 0 radical (unpaired) electrons. The van der Waals surface area contributed by atoms with Crippen LogP contribution in [-0.2, 0) is 0 Å². The lowest BCUT2D eigenvalue weighted by Gasteiger charge is -2.39. The summed E-state index contributed by atoms with van der Waals surface area (Å²) in [5, 5.41) is 13.7. The van der Waals surface area contributed by atoms with Gasteiger partial charge in [0.05, 0.1) is 6.10 Å². The highest BCUT2D eigenvalue weighted by Crippen LogP contribution is 2.30. The fourth-order valence-corrected chi connectivity index (χ4v) is 3.50. The van der Waals surface area contributed by atoms with Gasteiger partial charge in [0.1, 0.15) is 0 Å². The van der Waals surface area contributed by atoms with E-state index in [9.17, 15) is 5.11 Å². The van der Waals surface area contributed by atoms with Gasteiger partial charge in [-0.3, -0.25) is 4.90 Å². The third-order valence-corrected chi connectivity index (χ3v) is 5.05. The summed E-state index contributed by atoms with van der Waals surface area (Å²) in [4.78, 5) is 4.77. The average Bonchev–Trinajstić information content (AvgIpc) is 2.76. The minimum absolute atomic E-state index is 0.148. The molecule has 0 aromatic rings. The zero-order valence-electron chi connectivity index (χ0n) is 14.9. The number of aliphatic hydroxyl groups is 1.